The fourth-order valence-electron chi connectivity index (χ4n) is 3.02. The molecule has 0 saturated carbocycles. The van der Waals surface area contributed by atoms with Crippen molar-refractivity contribution in [2.24, 2.45) is 0 Å². The van der Waals surface area contributed by atoms with Crippen LogP contribution in [-0.4, -0.2) is 37.7 Å². The summed E-state index contributed by atoms with van der Waals surface area (Å²) in [5.41, 5.74) is 3.90. The van der Waals surface area contributed by atoms with Gasteiger partial charge in [-0.25, -0.2) is 0 Å². The van der Waals surface area contributed by atoms with E-state index in [1.807, 2.05) is 0 Å². The van der Waals surface area contributed by atoms with Gasteiger partial charge in [-0.3, -0.25) is 4.90 Å². The van der Waals surface area contributed by atoms with E-state index in [0.717, 1.165) is 45.0 Å². The van der Waals surface area contributed by atoms with Crippen molar-refractivity contribution in [2.45, 2.75) is 26.4 Å². The van der Waals surface area contributed by atoms with E-state index in [2.05, 4.69) is 60.4 Å². The van der Waals surface area contributed by atoms with Crippen molar-refractivity contribution in [3.8, 4) is 5.75 Å². The van der Waals surface area contributed by atoms with Crippen LogP contribution in [0.25, 0.3) is 0 Å². The molecular formula is C21H27NO2. The summed E-state index contributed by atoms with van der Waals surface area (Å²) in [5.74, 6) is 0.940. The van der Waals surface area contributed by atoms with Gasteiger partial charge >= 0.3 is 0 Å². The predicted octanol–water partition coefficient (Wildman–Crippen LogP) is 3.84. The molecule has 0 spiro atoms. The maximum atomic E-state index is 5.91. The highest BCUT2D eigenvalue weighted by atomic mass is 16.5. The predicted molar refractivity (Wildman–Crippen MR) is 97.5 cm³/mol. The number of hydrogen-bond acceptors (Lipinski definition) is 3. The maximum Gasteiger partial charge on any atom is 0.119 e. The van der Waals surface area contributed by atoms with Crippen LogP contribution in [0.15, 0.2) is 48.5 Å². The van der Waals surface area contributed by atoms with Crippen molar-refractivity contribution in [1.29, 1.82) is 0 Å². The van der Waals surface area contributed by atoms with Crippen LogP contribution < -0.4 is 4.74 Å². The van der Waals surface area contributed by atoms with Gasteiger partial charge in [0.1, 0.15) is 12.4 Å². The summed E-state index contributed by atoms with van der Waals surface area (Å²) in [4.78, 5) is 2.49. The van der Waals surface area contributed by atoms with Gasteiger partial charge in [0.05, 0.1) is 13.2 Å². The second-order valence-corrected chi connectivity index (χ2v) is 6.42. The highest BCUT2D eigenvalue weighted by Gasteiger charge is 2.09. The molecule has 2 aromatic rings. The number of ether oxygens (including phenoxy) is 2. The first-order chi connectivity index (χ1) is 11.8. The molecule has 2 aromatic carbocycles. The van der Waals surface area contributed by atoms with Crippen molar-refractivity contribution >= 4 is 0 Å². The van der Waals surface area contributed by atoms with E-state index < -0.39 is 0 Å². The third-order valence-electron chi connectivity index (χ3n) is 4.62. The summed E-state index contributed by atoms with van der Waals surface area (Å²) < 4.78 is 11.3. The minimum Gasteiger partial charge on any atom is -0.489 e. The second-order valence-electron chi connectivity index (χ2n) is 6.42. The molecule has 0 bridgehead atoms. The summed E-state index contributed by atoms with van der Waals surface area (Å²) >= 11 is 0. The molecule has 1 aliphatic rings. The Hall–Kier alpha value is -1.84. The normalized spacial score (nSPS) is 15.4. The Balaban J connectivity index is 1.42. The van der Waals surface area contributed by atoms with E-state index in [1.165, 1.54) is 23.1 Å². The van der Waals surface area contributed by atoms with Gasteiger partial charge in [-0.2, -0.15) is 0 Å². The Kier molecular flexibility index (Phi) is 6.27. The Morgan fingerprint density at radius 2 is 1.75 bits per heavy atom. The average Bonchev–Trinajstić information content (AvgIpc) is 2.63. The molecule has 1 fully saturated rings. The number of morpholine rings is 1. The highest BCUT2D eigenvalue weighted by Crippen LogP contribution is 2.16. The van der Waals surface area contributed by atoms with E-state index in [0.29, 0.717) is 6.61 Å². The van der Waals surface area contributed by atoms with Gasteiger partial charge in [-0.05, 0) is 55.1 Å². The number of nitrogens with zero attached hydrogens (tertiary/aromatic N) is 1. The Bertz CT molecular complexity index is 618. The average molecular weight is 325 g/mol. The molecule has 0 aromatic heterocycles. The number of benzene rings is 2. The largest absolute Gasteiger partial charge is 0.489 e. The topological polar surface area (TPSA) is 21.7 Å². The molecule has 3 rings (SSSR count). The zero-order valence-electron chi connectivity index (χ0n) is 14.5. The standard InChI is InChI=1S/C21H27NO2/c1-18-5-2-3-7-20(18)17-24-21-10-8-19(9-11-21)6-4-12-22-13-15-23-16-14-22/h2-3,5,7-11H,4,6,12-17H2,1H3. The minimum absolute atomic E-state index is 0.628. The van der Waals surface area contributed by atoms with E-state index in [1.54, 1.807) is 0 Å². The smallest absolute Gasteiger partial charge is 0.119 e. The van der Waals surface area contributed by atoms with E-state index in [9.17, 15) is 0 Å². The van der Waals surface area contributed by atoms with E-state index in [-0.39, 0.29) is 0 Å². The summed E-state index contributed by atoms with van der Waals surface area (Å²) in [7, 11) is 0. The van der Waals surface area contributed by atoms with Crippen LogP contribution in [0.4, 0.5) is 0 Å². The van der Waals surface area contributed by atoms with Crippen LogP contribution in [-0.2, 0) is 17.8 Å². The number of rotatable bonds is 7. The molecule has 1 saturated heterocycles. The van der Waals surface area contributed by atoms with Crippen molar-refractivity contribution in [1.82, 2.24) is 4.90 Å². The second kappa shape index (κ2) is 8.86. The summed E-state index contributed by atoms with van der Waals surface area (Å²) in [6.45, 7) is 7.82. The third-order valence-corrected chi connectivity index (χ3v) is 4.62. The van der Waals surface area contributed by atoms with Crippen LogP contribution in [0.1, 0.15) is 23.1 Å². The van der Waals surface area contributed by atoms with E-state index >= 15 is 0 Å². The van der Waals surface area contributed by atoms with Gasteiger partial charge in [-0.1, -0.05) is 36.4 Å². The quantitative estimate of drug-likeness (QED) is 0.772. The Labute approximate surface area is 145 Å². The third kappa shape index (κ3) is 5.08. The monoisotopic (exact) mass is 325 g/mol. The summed E-state index contributed by atoms with van der Waals surface area (Å²) in [5, 5.41) is 0. The highest BCUT2D eigenvalue weighted by molar-refractivity contribution is 5.29. The van der Waals surface area contributed by atoms with E-state index in [4.69, 9.17) is 9.47 Å². The zero-order chi connectivity index (χ0) is 16.6. The number of aryl methyl sites for hydroxylation is 2. The van der Waals surface area contributed by atoms with Crippen LogP contribution in [0.5, 0.6) is 5.75 Å². The maximum absolute atomic E-state index is 5.91. The first-order valence-corrected chi connectivity index (χ1v) is 8.87. The lowest BCUT2D eigenvalue weighted by Gasteiger charge is -2.26. The van der Waals surface area contributed by atoms with Crippen LogP contribution in [0.2, 0.25) is 0 Å². The molecule has 0 radical (unpaired) electrons. The lowest BCUT2D eigenvalue weighted by molar-refractivity contribution is 0.0374. The van der Waals surface area contributed by atoms with Gasteiger partial charge in [-0.15, -0.1) is 0 Å². The molecule has 0 amide bonds. The first kappa shape index (κ1) is 17.0. The van der Waals surface area contributed by atoms with Crippen molar-refractivity contribution in [2.75, 3.05) is 32.8 Å². The lowest BCUT2D eigenvalue weighted by atomic mass is 10.1. The van der Waals surface area contributed by atoms with Crippen molar-refractivity contribution in [3.05, 3.63) is 65.2 Å². The van der Waals surface area contributed by atoms with Crippen molar-refractivity contribution in [3.63, 3.8) is 0 Å². The van der Waals surface area contributed by atoms with Crippen molar-refractivity contribution < 1.29 is 9.47 Å². The first-order valence-electron chi connectivity index (χ1n) is 8.87. The summed E-state index contributed by atoms with van der Waals surface area (Å²) in [6, 6.07) is 16.9. The molecule has 0 atom stereocenters. The SMILES string of the molecule is Cc1ccccc1COc1ccc(CCCN2CCOCC2)cc1. The Morgan fingerprint density at radius 3 is 2.50 bits per heavy atom. The van der Waals surface area contributed by atoms with Gasteiger partial charge in [0.15, 0.2) is 0 Å². The molecule has 128 valence electrons. The molecule has 0 aliphatic carbocycles. The van der Waals surface area contributed by atoms with Crippen LogP contribution in [0, 0.1) is 6.92 Å². The fourth-order valence-corrected chi connectivity index (χ4v) is 3.02. The Morgan fingerprint density at radius 1 is 1.00 bits per heavy atom. The minimum atomic E-state index is 0.628. The van der Waals surface area contributed by atoms with Gasteiger partial charge < -0.3 is 9.47 Å². The molecular weight excluding hydrogens is 298 g/mol. The molecule has 3 heteroatoms. The molecule has 1 aliphatic heterocycles. The van der Waals surface area contributed by atoms with Crippen LogP contribution in [0.3, 0.4) is 0 Å². The number of hydrogen-bond donors (Lipinski definition) is 0. The molecule has 1 heterocycles. The van der Waals surface area contributed by atoms with Gasteiger partial charge in [0.25, 0.3) is 0 Å². The van der Waals surface area contributed by atoms with Gasteiger partial charge in [0, 0.05) is 13.1 Å². The lowest BCUT2D eigenvalue weighted by Crippen LogP contribution is -2.36. The fraction of sp³-hybridized carbons (Fsp3) is 0.429. The molecule has 0 N–H and O–H groups in total. The van der Waals surface area contributed by atoms with Crippen LogP contribution >= 0.6 is 0 Å². The van der Waals surface area contributed by atoms with Gasteiger partial charge in [0.2, 0.25) is 0 Å². The summed E-state index contributed by atoms with van der Waals surface area (Å²) in [6.07, 6.45) is 2.32. The molecule has 3 nitrogen and oxygen atoms in total. The molecule has 24 heavy (non-hydrogen) atoms. The molecule has 0 unspecified atom stereocenters. The zero-order valence-corrected chi connectivity index (χ0v) is 14.5.